The summed E-state index contributed by atoms with van der Waals surface area (Å²) in [7, 11) is 1.62. The fourth-order valence-electron chi connectivity index (χ4n) is 1.68. The Kier molecular flexibility index (Phi) is 3.19. The second-order valence-electron chi connectivity index (χ2n) is 4.24. The molecule has 0 heterocycles. The minimum absolute atomic E-state index is 0.273. The van der Waals surface area contributed by atoms with Crippen LogP contribution < -0.4 is 15.8 Å². The number of ether oxygens (including phenoxy) is 1. The molecule has 1 aromatic rings. The molecule has 1 aromatic carbocycles. The van der Waals surface area contributed by atoms with E-state index in [-0.39, 0.29) is 6.10 Å². The van der Waals surface area contributed by atoms with Crippen LogP contribution in [0.25, 0.3) is 0 Å². The third kappa shape index (κ3) is 2.58. The lowest BCUT2D eigenvalue weighted by Gasteiger charge is -2.14. The first-order valence-corrected chi connectivity index (χ1v) is 5.56. The van der Waals surface area contributed by atoms with Crippen molar-refractivity contribution in [3.8, 4) is 5.75 Å². The molecule has 2 rings (SSSR count). The van der Waals surface area contributed by atoms with Crippen molar-refractivity contribution in [1.82, 2.24) is 0 Å². The molecule has 1 unspecified atom stereocenters. The maximum absolute atomic E-state index is 9.73. The second kappa shape index (κ2) is 4.61. The van der Waals surface area contributed by atoms with Gasteiger partial charge in [-0.05, 0) is 30.9 Å². The van der Waals surface area contributed by atoms with Gasteiger partial charge in [0.05, 0.1) is 24.6 Å². The highest BCUT2D eigenvalue weighted by atomic mass is 16.5. The number of methoxy groups -OCH3 is 1. The summed E-state index contributed by atoms with van der Waals surface area (Å²) >= 11 is 0. The Hall–Kier alpha value is -1.42. The Labute approximate surface area is 95.4 Å². The number of benzene rings is 1. The molecule has 16 heavy (non-hydrogen) atoms. The molecule has 0 bridgehead atoms. The van der Waals surface area contributed by atoms with Gasteiger partial charge in [-0.25, -0.2) is 0 Å². The topological polar surface area (TPSA) is 67.5 Å². The van der Waals surface area contributed by atoms with Crippen molar-refractivity contribution in [2.75, 3.05) is 24.7 Å². The molecule has 1 saturated carbocycles. The summed E-state index contributed by atoms with van der Waals surface area (Å²) in [6, 6.07) is 5.46. The first kappa shape index (κ1) is 11.1. The van der Waals surface area contributed by atoms with E-state index in [4.69, 9.17) is 10.5 Å². The van der Waals surface area contributed by atoms with Gasteiger partial charge in [0.25, 0.3) is 0 Å². The van der Waals surface area contributed by atoms with Crippen LogP contribution in [0.5, 0.6) is 5.75 Å². The van der Waals surface area contributed by atoms with Gasteiger partial charge in [0.15, 0.2) is 0 Å². The van der Waals surface area contributed by atoms with E-state index in [1.54, 1.807) is 13.2 Å². The Morgan fingerprint density at radius 3 is 2.94 bits per heavy atom. The molecular weight excluding hydrogens is 204 g/mol. The highest BCUT2D eigenvalue weighted by Gasteiger charge is 2.29. The summed E-state index contributed by atoms with van der Waals surface area (Å²) in [5.74, 6) is 1.23. The second-order valence-corrected chi connectivity index (χ2v) is 4.24. The Bertz CT molecular complexity index is 364. The first-order chi connectivity index (χ1) is 7.70. The number of aliphatic hydroxyl groups excluding tert-OH is 1. The fourth-order valence-corrected chi connectivity index (χ4v) is 1.68. The van der Waals surface area contributed by atoms with Crippen molar-refractivity contribution >= 4 is 11.4 Å². The number of aliphatic hydroxyl groups is 1. The van der Waals surface area contributed by atoms with E-state index in [1.165, 1.54) is 0 Å². The van der Waals surface area contributed by atoms with Crippen molar-refractivity contribution in [3.63, 3.8) is 0 Å². The van der Waals surface area contributed by atoms with Crippen molar-refractivity contribution in [2.24, 2.45) is 5.92 Å². The molecule has 4 heteroatoms. The van der Waals surface area contributed by atoms with Gasteiger partial charge >= 0.3 is 0 Å². The molecule has 0 aromatic heterocycles. The molecule has 1 atom stereocenters. The molecule has 88 valence electrons. The van der Waals surface area contributed by atoms with Crippen LogP contribution in [-0.4, -0.2) is 24.9 Å². The van der Waals surface area contributed by atoms with Crippen LogP contribution in [0.4, 0.5) is 11.4 Å². The van der Waals surface area contributed by atoms with Gasteiger partial charge in [-0.2, -0.15) is 0 Å². The number of hydrogen-bond donors (Lipinski definition) is 3. The maximum atomic E-state index is 9.73. The normalized spacial score (nSPS) is 16.9. The maximum Gasteiger partial charge on any atom is 0.121 e. The number of nitrogens with two attached hydrogens (primary N) is 1. The van der Waals surface area contributed by atoms with Gasteiger partial charge in [0.2, 0.25) is 0 Å². The van der Waals surface area contributed by atoms with E-state index < -0.39 is 0 Å². The third-order valence-corrected chi connectivity index (χ3v) is 2.93. The monoisotopic (exact) mass is 222 g/mol. The van der Waals surface area contributed by atoms with Gasteiger partial charge in [0, 0.05) is 12.6 Å². The molecule has 4 N–H and O–H groups in total. The highest BCUT2D eigenvalue weighted by molar-refractivity contribution is 5.68. The predicted octanol–water partition coefficient (Wildman–Crippen LogP) is 1.46. The van der Waals surface area contributed by atoms with Gasteiger partial charge in [-0.15, -0.1) is 0 Å². The molecule has 0 saturated heterocycles. The van der Waals surface area contributed by atoms with Crippen LogP contribution in [-0.2, 0) is 0 Å². The molecule has 0 aliphatic heterocycles. The molecule has 1 aliphatic carbocycles. The zero-order chi connectivity index (χ0) is 11.5. The van der Waals surface area contributed by atoms with Crippen LogP contribution in [0.15, 0.2) is 18.2 Å². The SMILES string of the molecule is COc1ccc(N)c(NCC(O)C2CC2)c1. The van der Waals surface area contributed by atoms with Crippen molar-refractivity contribution < 1.29 is 9.84 Å². The van der Waals surface area contributed by atoms with Gasteiger partial charge in [0.1, 0.15) is 5.75 Å². The fraction of sp³-hybridized carbons (Fsp3) is 0.500. The average molecular weight is 222 g/mol. The van der Waals surface area contributed by atoms with Crippen LogP contribution in [0, 0.1) is 5.92 Å². The molecule has 4 nitrogen and oxygen atoms in total. The number of rotatable bonds is 5. The minimum atomic E-state index is -0.273. The zero-order valence-electron chi connectivity index (χ0n) is 9.44. The summed E-state index contributed by atoms with van der Waals surface area (Å²) in [5, 5.41) is 12.9. The summed E-state index contributed by atoms with van der Waals surface area (Å²) in [6.45, 7) is 0.544. The third-order valence-electron chi connectivity index (χ3n) is 2.93. The van der Waals surface area contributed by atoms with Crippen LogP contribution >= 0.6 is 0 Å². The predicted molar refractivity (Wildman–Crippen MR) is 64.6 cm³/mol. The lowest BCUT2D eigenvalue weighted by atomic mass is 10.2. The molecule has 0 radical (unpaired) electrons. The minimum Gasteiger partial charge on any atom is -0.497 e. The van der Waals surface area contributed by atoms with Crippen molar-refractivity contribution in [2.45, 2.75) is 18.9 Å². The number of nitrogen functional groups attached to an aromatic ring is 1. The zero-order valence-corrected chi connectivity index (χ0v) is 9.44. The summed E-state index contributed by atoms with van der Waals surface area (Å²) in [5.41, 5.74) is 7.31. The van der Waals surface area contributed by atoms with Crippen LogP contribution in [0.2, 0.25) is 0 Å². The first-order valence-electron chi connectivity index (χ1n) is 5.56. The van der Waals surface area contributed by atoms with E-state index in [0.29, 0.717) is 18.2 Å². The van der Waals surface area contributed by atoms with Crippen molar-refractivity contribution in [1.29, 1.82) is 0 Å². The number of nitrogens with one attached hydrogen (secondary N) is 1. The molecule has 1 fully saturated rings. The Morgan fingerprint density at radius 1 is 1.56 bits per heavy atom. The van der Waals surface area contributed by atoms with Gasteiger partial charge in [-0.1, -0.05) is 0 Å². The number of anilines is 2. The van der Waals surface area contributed by atoms with E-state index in [2.05, 4.69) is 5.32 Å². The van der Waals surface area contributed by atoms with E-state index in [0.717, 1.165) is 24.3 Å². The van der Waals surface area contributed by atoms with Crippen LogP contribution in [0.1, 0.15) is 12.8 Å². The lowest BCUT2D eigenvalue weighted by molar-refractivity contribution is 0.164. The van der Waals surface area contributed by atoms with E-state index >= 15 is 0 Å². The Morgan fingerprint density at radius 2 is 2.31 bits per heavy atom. The summed E-state index contributed by atoms with van der Waals surface area (Å²) in [6.07, 6.45) is 2.00. The lowest BCUT2D eigenvalue weighted by Crippen LogP contribution is -2.21. The smallest absolute Gasteiger partial charge is 0.121 e. The van der Waals surface area contributed by atoms with E-state index in [9.17, 15) is 5.11 Å². The molecule has 0 amide bonds. The average Bonchev–Trinajstić information content (AvgIpc) is 3.11. The Balaban J connectivity index is 1.96. The molecule has 1 aliphatic rings. The van der Waals surface area contributed by atoms with E-state index in [1.807, 2.05) is 12.1 Å². The quantitative estimate of drug-likeness (QED) is 0.660. The molecule has 0 spiro atoms. The standard InChI is InChI=1S/C12H18N2O2/c1-16-9-4-5-10(13)11(6-9)14-7-12(15)8-2-3-8/h4-6,8,12,14-15H,2-3,7,13H2,1H3. The van der Waals surface area contributed by atoms with Crippen molar-refractivity contribution in [3.05, 3.63) is 18.2 Å². The summed E-state index contributed by atoms with van der Waals surface area (Å²) < 4.78 is 5.12. The van der Waals surface area contributed by atoms with Crippen LogP contribution in [0.3, 0.4) is 0 Å². The van der Waals surface area contributed by atoms with Gasteiger partial charge < -0.3 is 20.9 Å². The van der Waals surface area contributed by atoms with Gasteiger partial charge in [-0.3, -0.25) is 0 Å². The largest absolute Gasteiger partial charge is 0.497 e. The summed E-state index contributed by atoms with van der Waals surface area (Å²) in [4.78, 5) is 0. The highest BCUT2D eigenvalue weighted by Crippen LogP contribution is 2.33. The molecular formula is C12H18N2O2. The number of hydrogen-bond acceptors (Lipinski definition) is 4.